The largest absolute Gasteiger partial charge is 0.480 e. The molecule has 0 spiro atoms. The Kier molecular flexibility index (Phi) is 31.2. The van der Waals surface area contributed by atoms with E-state index in [4.69, 9.17) is 16.2 Å². The van der Waals surface area contributed by atoms with E-state index in [0.717, 1.165) is 0 Å². The number of nitrogens with one attached hydrogen (secondary N) is 10. The number of hydrogen-bond donors (Lipinski definition) is 18. The molecule has 1 aromatic rings. The third kappa shape index (κ3) is 24.4. The number of carbonyl (C=O) groups is 11. The first-order valence-corrected chi connectivity index (χ1v) is 27.6. The van der Waals surface area contributed by atoms with Gasteiger partial charge < -0.3 is 100 Å². The molecule has 0 radical (unpaired) electrons. The van der Waals surface area contributed by atoms with E-state index >= 15 is 0 Å². The zero-order chi connectivity index (χ0) is 62.8. The van der Waals surface area contributed by atoms with Crippen molar-refractivity contribution in [1.82, 2.24) is 53.2 Å². The molecule has 1 aromatic carbocycles. The lowest BCUT2D eigenvalue weighted by molar-refractivity contribution is -0.236. The van der Waals surface area contributed by atoms with Gasteiger partial charge in [-0.3, -0.25) is 47.9 Å². The molecule has 0 aliphatic carbocycles. The molecule has 0 saturated carbocycles. The lowest BCUT2D eigenvalue weighted by atomic mass is 9.96. The van der Waals surface area contributed by atoms with Crippen molar-refractivity contribution >= 4 is 65.0 Å². The average Bonchev–Trinajstić information content (AvgIpc) is 3.45. The highest BCUT2D eigenvalue weighted by Gasteiger charge is 2.44. The number of hydrogen-bond acceptors (Lipinski definition) is 19. The summed E-state index contributed by atoms with van der Waals surface area (Å²) < 4.78 is 5.35. The van der Waals surface area contributed by atoms with Crippen LogP contribution in [0, 0.1) is 17.8 Å². The molecule has 1 aliphatic heterocycles. The van der Waals surface area contributed by atoms with Gasteiger partial charge in [-0.05, 0) is 69.4 Å². The zero-order valence-electron chi connectivity index (χ0n) is 48.2. The standard InChI is InChI=1S/C53H88N12O18/c1-9-27(6)40(64-49(78)39(55)26(4)5)50(79)65-41(29(8)67)51(80)58-28(7)45(74)61-33(20-30-15-11-10-12-16-30)48(77)62-34(21-36(68)63-52-44(73)43(72)42(71)35(24-66)83-52)46(75)57-22-37(69)56-23-38(70)59-32(19-25(2)3)47(76)60-31(53(81)82)17-13-14-18-54/h10-12,15-16,25-29,31-35,39-44,52,66-67,71-73H,9,13-14,17-24,54-55H2,1-8H3,(H,56,69)(H,57,75)(H,58,80)(H,59,70)(H,60,76)(H,61,74)(H,62,77)(H,63,68)(H,64,78)(H,65,79)(H,81,82)/t27-,28-,29+,31-,32-,33-,34-,35+,39-,40-,41-,42+,43-,44+,52+/m0/s1. The van der Waals surface area contributed by atoms with Crippen LogP contribution >= 0.6 is 0 Å². The zero-order valence-corrected chi connectivity index (χ0v) is 48.2. The Labute approximate surface area is 481 Å². The summed E-state index contributed by atoms with van der Waals surface area (Å²) in [7, 11) is 0. The minimum atomic E-state index is -1.97. The fourth-order valence-corrected chi connectivity index (χ4v) is 8.24. The second-order valence-corrected chi connectivity index (χ2v) is 21.4. The molecule has 0 unspecified atom stereocenters. The minimum Gasteiger partial charge on any atom is -0.480 e. The lowest BCUT2D eigenvalue weighted by Gasteiger charge is -2.40. The van der Waals surface area contributed by atoms with Gasteiger partial charge in [0.2, 0.25) is 59.1 Å². The molecule has 468 valence electrons. The van der Waals surface area contributed by atoms with E-state index in [1.807, 2.05) is 0 Å². The fraction of sp³-hybridized carbons (Fsp3) is 0.679. The Morgan fingerprint density at radius 3 is 1.76 bits per heavy atom. The molecule has 1 heterocycles. The van der Waals surface area contributed by atoms with Gasteiger partial charge in [0.15, 0.2) is 6.23 Å². The quantitative estimate of drug-likeness (QED) is 0.0281. The van der Waals surface area contributed by atoms with Crippen LogP contribution in [0.5, 0.6) is 0 Å². The van der Waals surface area contributed by atoms with Crippen molar-refractivity contribution in [2.45, 2.75) is 185 Å². The SMILES string of the molecule is CC[C@H](C)[C@H](NC(=O)[C@@H](N)C(C)C)C(=O)N[C@H](C(=O)N[C@@H](C)C(=O)N[C@@H](Cc1ccccc1)C(=O)N[C@@H](CC(=O)N[C@@H]1O[C@H](CO)[C@@H](O)[C@H](O)[C@H]1O)C(=O)NCC(=O)NCC(=O)N[C@@H](CC(C)C)C(=O)N[C@@H](CCCCN)C(=O)O)[C@@H](C)O. The maximum absolute atomic E-state index is 14.3. The number of benzene rings is 1. The summed E-state index contributed by atoms with van der Waals surface area (Å²) in [6.07, 6.45) is -10.2. The number of carboxylic acids is 1. The molecule has 1 saturated heterocycles. The molecule has 30 heteroatoms. The topological polar surface area (TPSA) is 491 Å². The first-order valence-electron chi connectivity index (χ1n) is 27.6. The van der Waals surface area contributed by atoms with Crippen LogP contribution in [0.25, 0.3) is 0 Å². The third-order valence-corrected chi connectivity index (χ3v) is 13.6. The molecule has 1 aliphatic rings. The van der Waals surface area contributed by atoms with Crippen molar-refractivity contribution in [2.75, 3.05) is 26.2 Å². The van der Waals surface area contributed by atoms with E-state index in [1.165, 1.54) is 13.8 Å². The van der Waals surface area contributed by atoms with Gasteiger partial charge in [0.1, 0.15) is 66.7 Å². The van der Waals surface area contributed by atoms with Gasteiger partial charge in [0, 0.05) is 6.42 Å². The number of ether oxygens (including phenoxy) is 1. The number of nitrogens with two attached hydrogens (primary N) is 2. The number of aliphatic hydroxyl groups excluding tert-OH is 5. The summed E-state index contributed by atoms with van der Waals surface area (Å²) in [5.41, 5.74) is 12.0. The molecule has 83 heavy (non-hydrogen) atoms. The minimum absolute atomic E-state index is 0.0821. The Morgan fingerprint density at radius 2 is 1.19 bits per heavy atom. The van der Waals surface area contributed by atoms with Gasteiger partial charge in [-0.1, -0.05) is 78.3 Å². The summed E-state index contributed by atoms with van der Waals surface area (Å²) >= 11 is 0. The Morgan fingerprint density at radius 1 is 0.614 bits per heavy atom. The van der Waals surface area contributed by atoms with Crippen LogP contribution in [-0.2, 0) is 63.9 Å². The number of amides is 10. The second kappa shape index (κ2) is 35.9. The monoisotopic (exact) mass is 1180 g/mol. The van der Waals surface area contributed by atoms with Crippen LogP contribution in [0.2, 0.25) is 0 Å². The predicted octanol–water partition coefficient (Wildman–Crippen LogP) is -6.15. The highest BCUT2D eigenvalue weighted by molar-refractivity contribution is 5.99. The first kappa shape index (κ1) is 72.2. The summed E-state index contributed by atoms with van der Waals surface area (Å²) in [5, 5.41) is 85.0. The van der Waals surface area contributed by atoms with Gasteiger partial charge >= 0.3 is 5.97 Å². The molecular weight excluding hydrogens is 1090 g/mol. The van der Waals surface area contributed by atoms with Crippen molar-refractivity contribution in [3.05, 3.63) is 35.9 Å². The van der Waals surface area contributed by atoms with Crippen molar-refractivity contribution in [3.8, 4) is 0 Å². The number of unbranched alkanes of at least 4 members (excludes halogenated alkanes) is 1. The van der Waals surface area contributed by atoms with E-state index in [9.17, 15) is 83.4 Å². The number of carbonyl (C=O) groups excluding carboxylic acids is 10. The van der Waals surface area contributed by atoms with Gasteiger partial charge in [-0.25, -0.2) is 4.79 Å². The highest BCUT2D eigenvalue weighted by atomic mass is 16.6. The normalized spacial score (nSPS) is 20.4. The number of aliphatic hydroxyl groups is 5. The van der Waals surface area contributed by atoms with Crippen LogP contribution in [0.4, 0.5) is 0 Å². The van der Waals surface area contributed by atoms with Crippen LogP contribution in [0.3, 0.4) is 0 Å². The van der Waals surface area contributed by atoms with Crippen molar-refractivity contribution in [3.63, 3.8) is 0 Å². The highest BCUT2D eigenvalue weighted by Crippen LogP contribution is 2.20. The van der Waals surface area contributed by atoms with Crippen LogP contribution in [0.15, 0.2) is 30.3 Å². The predicted molar refractivity (Wildman–Crippen MR) is 296 cm³/mol. The van der Waals surface area contributed by atoms with Crippen LogP contribution < -0.4 is 64.6 Å². The fourth-order valence-electron chi connectivity index (χ4n) is 8.24. The molecule has 30 nitrogen and oxygen atoms in total. The Hall–Kier alpha value is -6.93. The molecule has 1 fully saturated rings. The van der Waals surface area contributed by atoms with E-state index in [2.05, 4.69) is 53.2 Å². The van der Waals surface area contributed by atoms with Gasteiger partial charge in [-0.2, -0.15) is 0 Å². The summed E-state index contributed by atoms with van der Waals surface area (Å²) in [6, 6.07) is -3.23. The molecule has 15 atom stereocenters. The van der Waals surface area contributed by atoms with Crippen molar-refractivity contribution in [2.24, 2.45) is 29.2 Å². The van der Waals surface area contributed by atoms with Gasteiger partial charge in [-0.15, -0.1) is 0 Å². The second-order valence-electron chi connectivity index (χ2n) is 21.4. The van der Waals surface area contributed by atoms with E-state index in [1.54, 1.807) is 71.9 Å². The van der Waals surface area contributed by atoms with Crippen molar-refractivity contribution < 1.29 is 88.1 Å². The number of aliphatic carboxylic acids is 1. The lowest BCUT2D eigenvalue weighted by Crippen LogP contribution is -2.64. The molecule has 0 bridgehead atoms. The van der Waals surface area contributed by atoms with E-state index in [-0.39, 0.29) is 31.1 Å². The summed E-state index contributed by atoms with van der Waals surface area (Å²) in [4.78, 5) is 147. The maximum Gasteiger partial charge on any atom is 0.326 e. The smallest absolute Gasteiger partial charge is 0.326 e. The summed E-state index contributed by atoms with van der Waals surface area (Å²) in [6.45, 7) is 10.6. The molecular formula is C53H88N12O18. The maximum atomic E-state index is 14.3. The number of rotatable bonds is 35. The van der Waals surface area contributed by atoms with Gasteiger partial charge in [0.05, 0.1) is 38.3 Å². The average molecular weight is 1180 g/mol. The Balaban J connectivity index is 2.38. The molecule has 2 rings (SSSR count). The van der Waals surface area contributed by atoms with E-state index in [0.29, 0.717) is 31.4 Å². The van der Waals surface area contributed by atoms with E-state index < -0.39 is 182 Å². The third-order valence-electron chi connectivity index (χ3n) is 13.6. The van der Waals surface area contributed by atoms with Crippen LogP contribution in [0.1, 0.15) is 99.5 Å². The molecule has 0 aromatic heterocycles. The van der Waals surface area contributed by atoms with Crippen LogP contribution in [-0.4, -0.2) is 207 Å². The molecule has 10 amide bonds. The van der Waals surface area contributed by atoms with Gasteiger partial charge in [0.25, 0.3) is 0 Å². The number of carboxylic acid groups (broad SMARTS) is 1. The molecule has 20 N–H and O–H groups in total. The first-order chi connectivity index (χ1) is 38.9. The Bertz CT molecular complexity index is 2330. The summed E-state index contributed by atoms with van der Waals surface area (Å²) in [5.74, 6) is -11.8. The van der Waals surface area contributed by atoms with Crippen molar-refractivity contribution in [1.29, 1.82) is 0 Å².